The number of rotatable bonds is 9. The number of fused-ring (bicyclic) bond motifs is 1. The number of carbonyl (C=O) groups is 2. The van der Waals surface area contributed by atoms with Crippen molar-refractivity contribution in [3.8, 4) is 0 Å². The topological polar surface area (TPSA) is 81.1 Å². The number of amides is 2. The predicted octanol–water partition coefficient (Wildman–Crippen LogP) is 4.16. The van der Waals surface area contributed by atoms with Crippen molar-refractivity contribution in [2.75, 3.05) is 18.1 Å². The largest absolute Gasteiger partial charge is 0.395 e. The molecule has 0 saturated heterocycles. The summed E-state index contributed by atoms with van der Waals surface area (Å²) in [5.41, 5.74) is 1.12. The van der Waals surface area contributed by atoms with Gasteiger partial charge in [0.05, 0.1) is 12.3 Å². The molecule has 0 aliphatic carbocycles. The molecule has 4 rings (SSSR count). The number of nitrogens with zero attached hydrogens (tertiary/aromatic N) is 2. The van der Waals surface area contributed by atoms with Gasteiger partial charge in [0, 0.05) is 36.7 Å². The van der Waals surface area contributed by atoms with Crippen LogP contribution in [0.1, 0.15) is 24.5 Å². The summed E-state index contributed by atoms with van der Waals surface area (Å²) in [4.78, 5) is 29.6. The fourth-order valence-corrected chi connectivity index (χ4v) is 4.52. The maximum atomic E-state index is 13.6. The summed E-state index contributed by atoms with van der Waals surface area (Å²) < 4.78 is 0. The quantitative estimate of drug-likeness (QED) is 0.460. The molecule has 3 aromatic rings. The zero-order valence-corrected chi connectivity index (χ0v) is 19.7. The number of hydrogen-bond donors (Lipinski definition) is 2. The van der Waals surface area contributed by atoms with E-state index in [4.69, 9.17) is 0 Å². The van der Waals surface area contributed by atoms with E-state index in [1.165, 1.54) is 0 Å². The minimum Gasteiger partial charge on any atom is -0.395 e. The molecular weight excluding hydrogens is 440 g/mol. The smallest absolute Gasteiger partial charge is 0.268 e. The molecule has 0 spiro atoms. The Hall–Kier alpha value is -3.74. The molecule has 0 saturated carbocycles. The summed E-state index contributed by atoms with van der Waals surface area (Å²) in [5.74, 6) is -1.13. The van der Waals surface area contributed by atoms with Gasteiger partial charge in [0.2, 0.25) is 5.91 Å². The van der Waals surface area contributed by atoms with Gasteiger partial charge in [-0.3, -0.25) is 14.5 Å². The first-order chi connectivity index (χ1) is 17.0. The highest BCUT2D eigenvalue weighted by molar-refractivity contribution is 6.12. The van der Waals surface area contributed by atoms with E-state index in [-0.39, 0.29) is 25.5 Å². The molecule has 2 atom stereocenters. The van der Waals surface area contributed by atoms with Crippen LogP contribution in [0.5, 0.6) is 0 Å². The third-order valence-corrected chi connectivity index (χ3v) is 6.41. The molecule has 6 heteroatoms. The molecule has 2 amide bonds. The minimum atomic E-state index is -1.75. The van der Waals surface area contributed by atoms with Crippen molar-refractivity contribution in [2.24, 2.45) is 5.92 Å². The van der Waals surface area contributed by atoms with E-state index in [9.17, 15) is 19.8 Å². The van der Waals surface area contributed by atoms with Crippen molar-refractivity contribution in [1.82, 2.24) is 4.90 Å². The molecule has 1 aliphatic rings. The Bertz CT molecular complexity index is 1200. The van der Waals surface area contributed by atoms with Gasteiger partial charge in [-0.2, -0.15) is 0 Å². The van der Waals surface area contributed by atoms with Gasteiger partial charge in [0.1, 0.15) is 0 Å². The number of anilines is 2. The molecule has 0 bridgehead atoms. The lowest BCUT2D eigenvalue weighted by Gasteiger charge is -2.27. The third-order valence-electron chi connectivity index (χ3n) is 6.41. The van der Waals surface area contributed by atoms with Crippen LogP contribution < -0.4 is 4.90 Å². The first-order valence-corrected chi connectivity index (χ1v) is 11.8. The second-order valence-corrected chi connectivity index (χ2v) is 8.71. The van der Waals surface area contributed by atoms with Gasteiger partial charge in [-0.25, -0.2) is 0 Å². The van der Waals surface area contributed by atoms with Gasteiger partial charge in [-0.1, -0.05) is 85.8 Å². The number of para-hydroxylation sites is 2. The molecule has 0 radical (unpaired) electrons. The van der Waals surface area contributed by atoms with Gasteiger partial charge < -0.3 is 15.1 Å². The van der Waals surface area contributed by atoms with E-state index in [0.29, 0.717) is 23.5 Å². The van der Waals surface area contributed by atoms with E-state index in [2.05, 4.69) is 0 Å². The molecule has 1 aliphatic heterocycles. The molecule has 6 nitrogen and oxygen atoms in total. The zero-order chi connectivity index (χ0) is 24.8. The standard InChI is InChI=1S/C29H30N2O4/c1-22(11-10-18-27(33)30(19-20-32)21-23-12-4-2-5-13-23)29(35)25-16-8-9-17-26(25)31(28(29)34)24-14-6-3-7-15-24/h2-17,22,32,35H,18-21H2,1H3/b11-10+/t22-,29+/m1/s1. The number of aliphatic hydroxyl groups excluding tert-OH is 1. The maximum absolute atomic E-state index is 13.6. The lowest BCUT2D eigenvalue weighted by Crippen LogP contribution is -2.42. The van der Waals surface area contributed by atoms with E-state index < -0.39 is 17.4 Å². The molecular formula is C29H30N2O4. The van der Waals surface area contributed by atoms with E-state index >= 15 is 0 Å². The highest BCUT2D eigenvalue weighted by atomic mass is 16.3. The lowest BCUT2D eigenvalue weighted by atomic mass is 9.83. The van der Waals surface area contributed by atoms with Gasteiger partial charge in [0.15, 0.2) is 5.60 Å². The summed E-state index contributed by atoms with van der Waals surface area (Å²) in [6, 6.07) is 26.1. The Morgan fingerprint density at radius 2 is 1.63 bits per heavy atom. The molecule has 35 heavy (non-hydrogen) atoms. The lowest BCUT2D eigenvalue weighted by molar-refractivity contribution is -0.138. The first kappa shape index (κ1) is 24.4. The van der Waals surface area contributed by atoms with Crippen molar-refractivity contribution in [2.45, 2.75) is 25.5 Å². The van der Waals surface area contributed by atoms with Gasteiger partial charge >= 0.3 is 0 Å². The van der Waals surface area contributed by atoms with Crippen molar-refractivity contribution < 1.29 is 19.8 Å². The second-order valence-electron chi connectivity index (χ2n) is 8.71. The number of benzene rings is 3. The molecule has 180 valence electrons. The monoisotopic (exact) mass is 470 g/mol. The van der Waals surface area contributed by atoms with Crippen LogP contribution in [-0.2, 0) is 21.7 Å². The maximum Gasteiger partial charge on any atom is 0.268 e. The van der Waals surface area contributed by atoms with Crippen molar-refractivity contribution >= 4 is 23.2 Å². The van der Waals surface area contributed by atoms with Crippen molar-refractivity contribution in [3.63, 3.8) is 0 Å². The van der Waals surface area contributed by atoms with Crippen LogP contribution in [0, 0.1) is 5.92 Å². The highest BCUT2D eigenvalue weighted by Crippen LogP contribution is 2.47. The van der Waals surface area contributed by atoms with Gasteiger partial charge in [-0.05, 0) is 23.8 Å². The molecule has 2 N–H and O–H groups in total. The number of carbonyl (C=O) groups excluding carboxylic acids is 2. The highest BCUT2D eigenvalue weighted by Gasteiger charge is 2.52. The summed E-state index contributed by atoms with van der Waals surface area (Å²) in [6.45, 7) is 2.29. The first-order valence-electron chi connectivity index (χ1n) is 11.8. The average molecular weight is 471 g/mol. The zero-order valence-electron chi connectivity index (χ0n) is 19.7. The van der Waals surface area contributed by atoms with E-state index in [1.807, 2.05) is 78.9 Å². The summed E-state index contributed by atoms with van der Waals surface area (Å²) in [6.07, 6.45) is 3.52. The third kappa shape index (κ3) is 4.90. The summed E-state index contributed by atoms with van der Waals surface area (Å²) >= 11 is 0. The Kier molecular flexibility index (Phi) is 7.44. The Morgan fingerprint density at radius 1 is 1.00 bits per heavy atom. The van der Waals surface area contributed by atoms with Gasteiger partial charge in [-0.15, -0.1) is 0 Å². The predicted molar refractivity (Wildman–Crippen MR) is 136 cm³/mol. The van der Waals surface area contributed by atoms with Crippen LogP contribution in [-0.4, -0.2) is 40.1 Å². The summed E-state index contributed by atoms with van der Waals surface area (Å²) in [7, 11) is 0. The Balaban J connectivity index is 1.51. The molecule has 3 aromatic carbocycles. The van der Waals surface area contributed by atoms with Crippen LogP contribution in [0.4, 0.5) is 11.4 Å². The molecule has 0 aromatic heterocycles. The fraction of sp³-hybridized carbons (Fsp3) is 0.241. The van der Waals surface area contributed by atoms with E-state index in [0.717, 1.165) is 5.56 Å². The second kappa shape index (κ2) is 10.7. The van der Waals surface area contributed by atoms with Crippen molar-refractivity contribution in [3.05, 3.63) is 108 Å². The Labute approximate surface area is 205 Å². The minimum absolute atomic E-state index is 0.103. The van der Waals surface area contributed by atoms with Crippen LogP contribution in [0.15, 0.2) is 97.1 Å². The number of hydrogen-bond acceptors (Lipinski definition) is 4. The van der Waals surface area contributed by atoms with Gasteiger partial charge in [0.25, 0.3) is 5.91 Å². The molecule has 1 heterocycles. The van der Waals surface area contributed by atoms with E-state index in [1.54, 1.807) is 34.9 Å². The normalized spacial score (nSPS) is 18.0. The summed E-state index contributed by atoms with van der Waals surface area (Å²) in [5, 5.41) is 21.1. The average Bonchev–Trinajstić information content (AvgIpc) is 3.12. The van der Waals surface area contributed by atoms with Crippen LogP contribution >= 0.6 is 0 Å². The Morgan fingerprint density at radius 3 is 2.31 bits per heavy atom. The SMILES string of the molecule is C[C@H](/C=C/CC(=O)N(CCO)Cc1ccccc1)[C@@]1(O)C(=O)N(c2ccccc2)c2ccccc21. The fourth-order valence-electron chi connectivity index (χ4n) is 4.52. The van der Waals surface area contributed by atoms with Crippen LogP contribution in [0.2, 0.25) is 0 Å². The molecule has 0 fully saturated rings. The van der Waals surface area contributed by atoms with Crippen LogP contribution in [0.3, 0.4) is 0 Å². The van der Waals surface area contributed by atoms with Crippen LogP contribution in [0.25, 0.3) is 0 Å². The molecule has 0 unspecified atom stereocenters. The van der Waals surface area contributed by atoms with Crippen molar-refractivity contribution in [1.29, 1.82) is 0 Å². The number of aliphatic hydroxyl groups is 2.